The number of hydrogen-bond donors (Lipinski definition) is 3. The van der Waals surface area contributed by atoms with E-state index in [4.69, 9.17) is 32.7 Å². The molecule has 1 saturated carbocycles. The maximum absolute atomic E-state index is 14.4. The van der Waals surface area contributed by atoms with E-state index >= 15 is 0 Å². The Hall–Kier alpha value is -3.60. The van der Waals surface area contributed by atoms with Crippen molar-refractivity contribution in [2.75, 3.05) is 6.54 Å². The molecular weight excluding hydrogens is 781 g/mol. The van der Waals surface area contributed by atoms with Crippen LogP contribution in [0.15, 0.2) is 34.5 Å². The number of nitrogens with one attached hydrogen (secondary N) is 3. The summed E-state index contributed by atoms with van der Waals surface area (Å²) in [4.78, 5) is 71.7. The van der Waals surface area contributed by atoms with Gasteiger partial charge in [-0.2, -0.15) is 0 Å². The first kappa shape index (κ1) is 40.1. The quantitative estimate of drug-likeness (QED) is 0.351. The Balaban J connectivity index is 1.25. The zero-order valence-corrected chi connectivity index (χ0v) is 33.5. The molecule has 1 aliphatic carbocycles. The molecule has 0 spiro atoms. The summed E-state index contributed by atoms with van der Waals surface area (Å²) in [5.74, 6) is -2.50. The normalized spacial score (nSPS) is 26.3. The van der Waals surface area contributed by atoms with Gasteiger partial charge in [-0.3, -0.25) is 19.3 Å². The summed E-state index contributed by atoms with van der Waals surface area (Å²) < 4.78 is 39.9. The van der Waals surface area contributed by atoms with Gasteiger partial charge in [-0.15, -0.1) is 11.3 Å². The average Bonchev–Trinajstić information content (AvgIpc) is 3.44. The molecule has 2 saturated heterocycles. The molecule has 18 heteroatoms. The van der Waals surface area contributed by atoms with Gasteiger partial charge >= 0.3 is 12.2 Å². The third-order valence-corrected chi connectivity index (χ3v) is 13.5. The number of rotatable bonds is 5. The first-order chi connectivity index (χ1) is 25.4. The Labute approximate surface area is 328 Å². The number of halogens is 2. The van der Waals surface area contributed by atoms with Crippen LogP contribution in [0.5, 0.6) is 0 Å². The molecule has 14 nitrogen and oxygen atoms in total. The number of amides is 5. The second-order valence-electron chi connectivity index (χ2n) is 15.4. The molecule has 0 bridgehead atoms. The van der Waals surface area contributed by atoms with E-state index < -0.39 is 69.3 Å². The number of carbonyl (C=O) groups excluding carboxylic acids is 5. The van der Waals surface area contributed by atoms with Gasteiger partial charge in [0.2, 0.25) is 11.8 Å². The van der Waals surface area contributed by atoms with Crippen molar-refractivity contribution in [2.24, 2.45) is 5.92 Å². The van der Waals surface area contributed by atoms with Crippen molar-refractivity contribution in [1.29, 1.82) is 0 Å². The topological polar surface area (TPSA) is 181 Å². The lowest BCUT2D eigenvalue weighted by Crippen LogP contribution is -2.58. The molecule has 294 valence electrons. The molecular formula is C36H45Cl2N5O9S2. The molecule has 1 aromatic heterocycles. The molecule has 5 amide bonds. The monoisotopic (exact) mass is 825 g/mol. The van der Waals surface area contributed by atoms with Gasteiger partial charge in [-0.1, -0.05) is 61.4 Å². The van der Waals surface area contributed by atoms with Crippen LogP contribution in [0.4, 0.5) is 9.59 Å². The van der Waals surface area contributed by atoms with Gasteiger partial charge in [-0.25, -0.2) is 22.7 Å². The maximum atomic E-state index is 14.4. The summed E-state index contributed by atoms with van der Waals surface area (Å²) in [6.45, 7) is 5.53. The summed E-state index contributed by atoms with van der Waals surface area (Å²) in [5, 5.41) is 6.07. The van der Waals surface area contributed by atoms with Crippen molar-refractivity contribution in [1.82, 2.24) is 25.2 Å². The molecule has 54 heavy (non-hydrogen) atoms. The number of ether oxygens (including phenoxy) is 2. The minimum atomic E-state index is -4.30. The predicted molar refractivity (Wildman–Crippen MR) is 200 cm³/mol. The fraction of sp³-hybridized carbons (Fsp3) is 0.583. The van der Waals surface area contributed by atoms with Gasteiger partial charge in [0.25, 0.3) is 15.9 Å². The first-order valence-corrected chi connectivity index (χ1v) is 21.2. The van der Waals surface area contributed by atoms with Crippen molar-refractivity contribution >= 4 is 74.5 Å². The number of carbonyl (C=O) groups is 5. The Bertz CT molecular complexity index is 1920. The lowest BCUT2D eigenvalue weighted by Gasteiger charge is -2.30. The van der Waals surface area contributed by atoms with E-state index in [0.717, 1.165) is 48.1 Å². The van der Waals surface area contributed by atoms with Crippen molar-refractivity contribution in [3.63, 3.8) is 0 Å². The van der Waals surface area contributed by atoms with E-state index in [0.29, 0.717) is 24.4 Å². The van der Waals surface area contributed by atoms with E-state index in [1.807, 2.05) is 6.07 Å². The molecule has 3 fully saturated rings. The number of nitrogens with zero attached hydrogens (tertiary/aromatic N) is 2. The van der Waals surface area contributed by atoms with Crippen molar-refractivity contribution < 1.29 is 41.9 Å². The Kier molecular flexibility index (Phi) is 11.8. The van der Waals surface area contributed by atoms with Crippen LogP contribution in [0.3, 0.4) is 0 Å². The lowest BCUT2D eigenvalue weighted by atomic mass is 10.0. The molecule has 2 aromatic rings. The molecule has 6 rings (SSSR count). The third-order valence-electron chi connectivity index (χ3n) is 10.2. The van der Waals surface area contributed by atoms with Crippen molar-refractivity contribution in [3.8, 4) is 0 Å². The number of thiophene rings is 1. The summed E-state index contributed by atoms with van der Waals surface area (Å²) in [6, 6.07) is 5.81. The molecule has 1 aromatic carbocycles. The second-order valence-corrected chi connectivity index (χ2v) is 19.5. The molecule has 0 radical (unpaired) electrons. The van der Waals surface area contributed by atoms with Crippen LogP contribution < -0.4 is 15.4 Å². The average molecular weight is 827 g/mol. The molecule has 4 heterocycles. The van der Waals surface area contributed by atoms with Gasteiger partial charge in [-0.05, 0) is 81.3 Å². The van der Waals surface area contributed by atoms with Gasteiger partial charge in [0.05, 0.1) is 10.9 Å². The van der Waals surface area contributed by atoms with E-state index in [-0.39, 0.29) is 46.8 Å². The Morgan fingerprint density at radius 2 is 1.69 bits per heavy atom. The number of fused-ring (bicyclic) bond motifs is 3. The molecule has 4 aliphatic rings. The van der Waals surface area contributed by atoms with E-state index in [9.17, 15) is 32.4 Å². The largest absolute Gasteiger partial charge is 0.444 e. The van der Waals surface area contributed by atoms with Gasteiger partial charge in [0, 0.05) is 24.5 Å². The first-order valence-electron chi connectivity index (χ1n) is 18.1. The highest BCUT2D eigenvalue weighted by atomic mass is 35.5. The van der Waals surface area contributed by atoms with Gasteiger partial charge in [0.1, 0.15) is 33.5 Å². The number of benzene rings is 1. The van der Waals surface area contributed by atoms with E-state index in [1.54, 1.807) is 32.9 Å². The summed E-state index contributed by atoms with van der Waals surface area (Å²) >= 11 is 12.9. The van der Waals surface area contributed by atoms with Crippen LogP contribution in [-0.4, -0.2) is 84.0 Å². The minimum Gasteiger partial charge on any atom is -0.444 e. The Morgan fingerprint density at radius 1 is 0.981 bits per heavy atom. The molecule has 3 aliphatic heterocycles. The summed E-state index contributed by atoms with van der Waals surface area (Å²) in [6.07, 6.45) is 2.38. The van der Waals surface area contributed by atoms with Crippen LogP contribution in [-0.2, 0) is 47.0 Å². The fourth-order valence-electron chi connectivity index (χ4n) is 7.44. The number of sulfonamides is 1. The number of hydrogen-bond acceptors (Lipinski definition) is 10. The van der Waals surface area contributed by atoms with E-state index in [1.165, 1.54) is 21.9 Å². The van der Waals surface area contributed by atoms with Crippen LogP contribution in [0.25, 0.3) is 0 Å². The summed E-state index contributed by atoms with van der Waals surface area (Å²) in [5.41, 5.74) is -0.573. The maximum Gasteiger partial charge on any atom is 0.410 e. The third kappa shape index (κ3) is 9.25. The standard InChI is InChI=1S/C36H45Cl2N5O9S2/c1-35(2,3)52-33(47)39-26-10-8-6-4-5-7-9-23-17-36(23,32(46)41-54(49,50)29-14-13-28(38)53-29)40-30(44)27-16-25(20-43(27)31(26)45)51-34(48)42-18-21-11-12-24(37)15-22(21)19-42/h11-15,23,25-27H,4-10,16-20H2,1-3H3,(H,39,47)(H,40,44)(H,41,46)/t23?,25-,26?,27?,36?/m0/s1. The van der Waals surface area contributed by atoms with Crippen molar-refractivity contribution in [2.45, 2.75) is 125 Å². The number of alkyl carbamates (subject to hydrolysis) is 1. The minimum absolute atomic E-state index is 0.0938. The lowest BCUT2D eigenvalue weighted by molar-refractivity contribution is -0.141. The molecule has 4 unspecified atom stereocenters. The summed E-state index contributed by atoms with van der Waals surface area (Å²) in [7, 11) is -4.30. The van der Waals surface area contributed by atoms with Crippen LogP contribution in [0.1, 0.15) is 89.7 Å². The smallest absolute Gasteiger partial charge is 0.410 e. The predicted octanol–water partition coefficient (Wildman–Crippen LogP) is 5.49. The van der Waals surface area contributed by atoms with Crippen LogP contribution >= 0.6 is 34.5 Å². The Morgan fingerprint density at radius 3 is 2.39 bits per heavy atom. The van der Waals surface area contributed by atoms with Crippen LogP contribution in [0, 0.1) is 5.92 Å². The fourth-order valence-corrected chi connectivity index (χ4v) is 10.2. The zero-order valence-electron chi connectivity index (χ0n) is 30.3. The highest BCUT2D eigenvalue weighted by Gasteiger charge is 2.62. The molecule has 5 atom stereocenters. The molecule has 3 N–H and O–H groups in total. The highest BCUT2D eigenvalue weighted by Crippen LogP contribution is 2.48. The second kappa shape index (κ2) is 15.9. The van der Waals surface area contributed by atoms with Gasteiger partial charge < -0.3 is 25.0 Å². The zero-order chi connectivity index (χ0) is 39.0. The van der Waals surface area contributed by atoms with Crippen molar-refractivity contribution in [3.05, 3.63) is 50.8 Å². The van der Waals surface area contributed by atoms with E-state index in [2.05, 4.69) is 15.4 Å². The van der Waals surface area contributed by atoms with Crippen LogP contribution in [0.2, 0.25) is 9.36 Å². The SMILES string of the molecule is CC(C)(C)OC(=O)NC1CCCCCCCC2CC2(C(=O)NS(=O)(=O)c2ccc(Cl)s2)NC(=O)C2C[C@H](OC(=O)N3Cc4ccc(Cl)cc4C3)CN2C1=O. The van der Waals surface area contributed by atoms with Gasteiger partial charge in [0.15, 0.2) is 0 Å². The highest BCUT2D eigenvalue weighted by molar-refractivity contribution is 7.92.